The lowest BCUT2D eigenvalue weighted by molar-refractivity contribution is 0.849. The molecule has 1 heterocycles. The van der Waals surface area contributed by atoms with Crippen LogP contribution in [0.5, 0.6) is 0 Å². The van der Waals surface area contributed by atoms with Gasteiger partial charge in [-0.1, -0.05) is 22.0 Å². The maximum atomic E-state index is 5.60. The Bertz CT molecular complexity index is 494. The van der Waals surface area contributed by atoms with Crippen LogP contribution in [0.4, 0.5) is 0 Å². The van der Waals surface area contributed by atoms with Crippen molar-refractivity contribution in [1.29, 1.82) is 0 Å². The molecule has 0 amide bonds. The monoisotopic (exact) mass is 343 g/mol. The van der Waals surface area contributed by atoms with Crippen LogP contribution in [-0.4, -0.2) is 16.3 Å². The molecule has 0 aliphatic heterocycles. The van der Waals surface area contributed by atoms with Gasteiger partial charge in [0.2, 0.25) is 0 Å². The summed E-state index contributed by atoms with van der Waals surface area (Å²) in [5.41, 5.74) is 7.86. The van der Waals surface area contributed by atoms with Gasteiger partial charge in [0.1, 0.15) is 0 Å². The molecule has 1 aromatic carbocycles. The largest absolute Gasteiger partial charge is 0.330 e. The molecule has 0 aliphatic carbocycles. The highest BCUT2D eigenvalue weighted by atomic mass is 79.9. The number of nitrogens with zero attached hydrogens (tertiary/aromatic N) is 2. The summed E-state index contributed by atoms with van der Waals surface area (Å²) < 4.78 is 3.85. The molecule has 2 rings (SSSR count). The topological polar surface area (TPSA) is 43.8 Å². The molecule has 0 saturated carbocycles. The maximum Gasteiger partial charge on any atom is 0.0689 e. The van der Waals surface area contributed by atoms with E-state index in [4.69, 9.17) is 5.73 Å². The van der Waals surface area contributed by atoms with Crippen molar-refractivity contribution < 1.29 is 0 Å². The zero-order valence-corrected chi connectivity index (χ0v) is 11.7. The molecule has 84 valence electrons. The molecule has 0 aliphatic rings. The Morgan fingerprint density at radius 3 is 2.69 bits per heavy atom. The van der Waals surface area contributed by atoms with Crippen LogP contribution in [0.3, 0.4) is 0 Å². The fraction of sp³-hybridized carbons (Fsp3) is 0.182. The number of aromatic nitrogens is 2. The van der Waals surface area contributed by atoms with E-state index in [1.165, 1.54) is 5.56 Å². The van der Waals surface area contributed by atoms with E-state index in [9.17, 15) is 0 Å². The average Bonchev–Trinajstić information content (AvgIpc) is 2.68. The fourth-order valence-electron chi connectivity index (χ4n) is 1.55. The Hall–Kier alpha value is -0.650. The van der Waals surface area contributed by atoms with Crippen LogP contribution in [0, 0.1) is 0 Å². The highest BCUT2D eigenvalue weighted by Gasteiger charge is 2.06. The summed E-state index contributed by atoms with van der Waals surface area (Å²) in [5, 5.41) is 4.28. The molecule has 2 N–H and O–H groups in total. The third-order valence-corrected chi connectivity index (χ3v) is 3.16. The second-order valence-corrected chi connectivity index (χ2v) is 5.25. The normalized spacial score (nSPS) is 10.7. The van der Waals surface area contributed by atoms with Crippen LogP contribution in [-0.2, 0) is 6.42 Å². The summed E-state index contributed by atoms with van der Waals surface area (Å²) >= 11 is 6.86. The molecule has 16 heavy (non-hydrogen) atoms. The third kappa shape index (κ3) is 2.53. The minimum Gasteiger partial charge on any atom is -0.330 e. The number of nitrogens with two attached hydrogens (primary N) is 1. The molecule has 3 nitrogen and oxygen atoms in total. The zero-order chi connectivity index (χ0) is 11.5. The molecule has 0 saturated heterocycles. The van der Waals surface area contributed by atoms with Gasteiger partial charge >= 0.3 is 0 Å². The maximum absolute atomic E-state index is 5.60. The Kier molecular flexibility index (Phi) is 3.78. The molecular weight excluding hydrogens is 334 g/mol. The molecular formula is C11H11Br2N3. The Morgan fingerprint density at radius 2 is 2.06 bits per heavy atom. The molecule has 0 unspecified atom stereocenters. The van der Waals surface area contributed by atoms with Gasteiger partial charge in [0.25, 0.3) is 0 Å². The van der Waals surface area contributed by atoms with E-state index in [2.05, 4.69) is 43.0 Å². The van der Waals surface area contributed by atoms with Crippen molar-refractivity contribution in [2.24, 2.45) is 5.73 Å². The van der Waals surface area contributed by atoms with E-state index in [0.29, 0.717) is 6.54 Å². The standard InChI is InChI=1S/C11H11Br2N3/c12-9-2-1-8(3-4-14)11(5-9)16-7-10(13)6-15-16/h1-2,5-7H,3-4,14H2. The molecule has 2 aromatic rings. The smallest absolute Gasteiger partial charge is 0.0689 e. The summed E-state index contributed by atoms with van der Waals surface area (Å²) in [5.74, 6) is 0. The summed E-state index contributed by atoms with van der Waals surface area (Å²) in [6.07, 6.45) is 4.55. The van der Waals surface area contributed by atoms with Gasteiger partial charge in [-0.3, -0.25) is 0 Å². The lowest BCUT2D eigenvalue weighted by Crippen LogP contribution is -2.07. The predicted molar refractivity (Wildman–Crippen MR) is 71.7 cm³/mol. The highest BCUT2D eigenvalue weighted by molar-refractivity contribution is 9.10. The lowest BCUT2D eigenvalue weighted by Gasteiger charge is -2.09. The van der Waals surface area contributed by atoms with Gasteiger partial charge in [-0.05, 0) is 46.6 Å². The van der Waals surface area contributed by atoms with Crippen molar-refractivity contribution in [3.63, 3.8) is 0 Å². The first kappa shape index (κ1) is 11.8. The first-order valence-electron chi connectivity index (χ1n) is 4.90. The quantitative estimate of drug-likeness (QED) is 0.930. The third-order valence-electron chi connectivity index (χ3n) is 2.26. The van der Waals surface area contributed by atoms with E-state index in [1.807, 2.05) is 23.0 Å². The average molecular weight is 345 g/mol. The van der Waals surface area contributed by atoms with Crippen molar-refractivity contribution in [3.05, 3.63) is 45.1 Å². The minimum atomic E-state index is 0.636. The van der Waals surface area contributed by atoms with Gasteiger partial charge in [0.05, 0.1) is 16.4 Å². The molecule has 0 radical (unpaired) electrons. The van der Waals surface area contributed by atoms with Gasteiger partial charge in [-0.2, -0.15) is 5.10 Å². The van der Waals surface area contributed by atoms with Crippen LogP contribution in [0.15, 0.2) is 39.5 Å². The second kappa shape index (κ2) is 5.12. The van der Waals surface area contributed by atoms with E-state index in [1.54, 1.807) is 6.20 Å². The first-order chi connectivity index (χ1) is 7.70. The first-order valence-corrected chi connectivity index (χ1v) is 6.48. The number of rotatable bonds is 3. The van der Waals surface area contributed by atoms with Crippen molar-refractivity contribution >= 4 is 31.9 Å². The van der Waals surface area contributed by atoms with Crippen LogP contribution in [0.2, 0.25) is 0 Å². The molecule has 0 bridgehead atoms. The summed E-state index contributed by atoms with van der Waals surface area (Å²) in [7, 11) is 0. The number of hydrogen-bond acceptors (Lipinski definition) is 2. The summed E-state index contributed by atoms with van der Waals surface area (Å²) in [6, 6.07) is 6.14. The van der Waals surface area contributed by atoms with Gasteiger partial charge in [0.15, 0.2) is 0 Å². The fourth-order valence-corrected chi connectivity index (χ4v) is 2.18. The van der Waals surface area contributed by atoms with E-state index in [0.717, 1.165) is 21.1 Å². The summed E-state index contributed by atoms with van der Waals surface area (Å²) in [4.78, 5) is 0. The Morgan fingerprint density at radius 1 is 1.25 bits per heavy atom. The van der Waals surface area contributed by atoms with Crippen molar-refractivity contribution in [3.8, 4) is 5.69 Å². The SMILES string of the molecule is NCCc1ccc(Br)cc1-n1cc(Br)cn1. The van der Waals surface area contributed by atoms with E-state index < -0.39 is 0 Å². The minimum absolute atomic E-state index is 0.636. The van der Waals surface area contributed by atoms with Gasteiger partial charge < -0.3 is 5.73 Å². The van der Waals surface area contributed by atoms with E-state index >= 15 is 0 Å². The van der Waals surface area contributed by atoms with Crippen molar-refractivity contribution in [2.45, 2.75) is 6.42 Å². The number of hydrogen-bond donors (Lipinski definition) is 1. The predicted octanol–water partition coefficient (Wildman–Crippen LogP) is 2.90. The molecule has 0 spiro atoms. The zero-order valence-electron chi connectivity index (χ0n) is 8.53. The highest BCUT2D eigenvalue weighted by Crippen LogP contribution is 2.21. The molecule has 1 aromatic heterocycles. The van der Waals surface area contributed by atoms with Crippen LogP contribution in [0.1, 0.15) is 5.56 Å². The second-order valence-electron chi connectivity index (χ2n) is 3.41. The molecule has 0 fully saturated rings. The van der Waals surface area contributed by atoms with Crippen LogP contribution in [0.25, 0.3) is 5.69 Å². The van der Waals surface area contributed by atoms with Crippen molar-refractivity contribution in [1.82, 2.24) is 9.78 Å². The molecule has 5 heteroatoms. The summed E-state index contributed by atoms with van der Waals surface area (Å²) in [6.45, 7) is 0.636. The number of benzene rings is 1. The Balaban J connectivity index is 2.48. The van der Waals surface area contributed by atoms with Gasteiger partial charge in [0, 0.05) is 10.7 Å². The van der Waals surface area contributed by atoms with Crippen LogP contribution < -0.4 is 5.73 Å². The lowest BCUT2D eigenvalue weighted by atomic mass is 10.1. The van der Waals surface area contributed by atoms with Crippen LogP contribution >= 0.6 is 31.9 Å². The van der Waals surface area contributed by atoms with Gasteiger partial charge in [-0.25, -0.2) is 4.68 Å². The van der Waals surface area contributed by atoms with Gasteiger partial charge in [-0.15, -0.1) is 0 Å². The van der Waals surface area contributed by atoms with E-state index in [-0.39, 0.29) is 0 Å². The molecule has 0 atom stereocenters. The number of halogens is 2. The van der Waals surface area contributed by atoms with Crippen molar-refractivity contribution in [2.75, 3.05) is 6.54 Å². The Labute approximate surface area is 111 Å².